The standard InChI is InChI=1S/C11H19NO3S/c1-9(7-10(13)14)16(15)6-4-5-11(2,3)8-12/h9H,4-7H2,1-3H3,(H,13,14). The average molecular weight is 245 g/mol. The van der Waals surface area contributed by atoms with Crippen LogP contribution < -0.4 is 0 Å². The summed E-state index contributed by atoms with van der Waals surface area (Å²) in [4.78, 5) is 10.4. The van der Waals surface area contributed by atoms with Gasteiger partial charge in [-0.1, -0.05) is 6.92 Å². The lowest BCUT2D eigenvalue weighted by Gasteiger charge is -2.15. The highest BCUT2D eigenvalue weighted by Gasteiger charge is 2.19. The quantitative estimate of drug-likeness (QED) is 0.743. The van der Waals surface area contributed by atoms with E-state index >= 15 is 0 Å². The summed E-state index contributed by atoms with van der Waals surface area (Å²) >= 11 is 0. The minimum atomic E-state index is -1.11. The molecule has 0 heterocycles. The number of aliphatic carboxylic acids is 1. The van der Waals surface area contributed by atoms with Crippen molar-refractivity contribution in [2.24, 2.45) is 5.41 Å². The van der Waals surface area contributed by atoms with E-state index in [0.717, 1.165) is 0 Å². The van der Waals surface area contributed by atoms with Crippen LogP contribution in [0, 0.1) is 16.7 Å². The topological polar surface area (TPSA) is 78.2 Å². The number of carbonyl (C=O) groups is 1. The summed E-state index contributed by atoms with van der Waals surface area (Å²) in [6.45, 7) is 5.37. The fourth-order valence-corrected chi connectivity index (χ4v) is 2.41. The molecule has 0 spiro atoms. The van der Waals surface area contributed by atoms with Gasteiger partial charge in [0.05, 0.1) is 17.9 Å². The Bertz CT molecular complexity index is 307. The molecule has 5 heteroatoms. The third-order valence-corrected chi connectivity index (χ3v) is 4.12. The van der Waals surface area contributed by atoms with Crippen LogP contribution in [0.4, 0.5) is 0 Å². The normalized spacial score (nSPS) is 15.1. The summed E-state index contributed by atoms with van der Waals surface area (Å²) in [7, 11) is -1.11. The molecule has 16 heavy (non-hydrogen) atoms. The smallest absolute Gasteiger partial charge is 0.304 e. The number of nitrogens with zero attached hydrogens (tertiary/aromatic N) is 1. The first kappa shape index (κ1) is 15.1. The van der Waals surface area contributed by atoms with Gasteiger partial charge >= 0.3 is 5.97 Å². The van der Waals surface area contributed by atoms with Gasteiger partial charge in [0.1, 0.15) is 0 Å². The zero-order valence-corrected chi connectivity index (χ0v) is 10.8. The van der Waals surface area contributed by atoms with Crippen LogP contribution in [0.15, 0.2) is 0 Å². The lowest BCUT2D eigenvalue weighted by molar-refractivity contribution is -0.136. The first-order valence-corrected chi connectivity index (χ1v) is 6.67. The van der Waals surface area contributed by atoms with Gasteiger partial charge in [-0.15, -0.1) is 0 Å². The van der Waals surface area contributed by atoms with Gasteiger partial charge in [-0.25, -0.2) is 0 Å². The zero-order valence-electron chi connectivity index (χ0n) is 10.0. The third kappa shape index (κ3) is 6.57. The fourth-order valence-electron chi connectivity index (χ4n) is 1.25. The van der Waals surface area contributed by atoms with Crippen LogP contribution >= 0.6 is 0 Å². The fraction of sp³-hybridized carbons (Fsp3) is 0.818. The Morgan fingerprint density at radius 1 is 1.56 bits per heavy atom. The molecule has 1 N–H and O–H groups in total. The van der Waals surface area contributed by atoms with Gasteiger partial charge in [0.15, 0.2) is 0 Å². The first-order chi connectivity index (χ1) is 7.28. The van der Waals surface area contributed by atoms with Crippen molar-refractivity contribution in [2.75, 3.05) is 5.75 Å². The highest BCUT2D eigenvalue weighted by atomic mass is 32.2. The van der Waals surface area contributed by atoms with Gasteiger partial charge in [0, 0.05) is 21.8 Å². The van der Waals surface area contributed by atoms with E-state index in [2.05, 4.69) is 6.07 Å². The van der Waals surface area contributed by atoms with Crippen molar-refractivity contribution in [1.82, 2.24) is 0 Å². The Hall–Kier alpha value is -0.890. The molecular formula is C11H19NO3S. The molecule has 2 atom stereocenters. The number of rotatable bonds is 7. The molecule has 0 saturated carbocycles. The molecule has 0 aromatic carbocycles. The van der Waals surface area contributed by atoms with Gasteiger partial charge < -0.3 is 5.11 Å². The van der Waals surface area contributed by atoms with E-state index in [1.54, 1.807) is 6.92 Å². The Kier molecular flexibility index (Phi) is 6.27. The number of hydrogen-bond donors (Lipinski definition) is 1. The maximum absolute atomic E-state index is 11.6. The van der Waals surface area contributed by atoms with Gasteiger partial charge in [0.2, 0.25) is 0 Å². The lowest BCUT2D eigenvalue weighted by atomic mass is 9.90. The maximum Gasteiger partial charge on any atom is 0.304 e. The second kappa shape index (κ2) is 6.64. The van der Waals surface area contributed by atoms with Crippen LogP contribution in [0.25, 0.3) is 0 Å². The van der Waals surface area contributed by atoms with Crippen molar-refractivity contribution in [3.05, 3.63) is 0 Å². The molecule has 92 valence electrons. The molecule has 0 rings (SSSR count). The molecule has 0 aromatic heterocycles. The molecule has 4 nitrogen and oxygen atoms in total. The van der Waals surface area contributed by atoms with Gasteiger partial charge in [-0.2, -0.15) is 5.26 Å². The Morgan fingerprint density at radius 3 is 2.56 bits per heavy atom. The molecule has 0 bridgehead atoms. The summed E-state index contributed by atoms with van der Waals surface area (Å²) < 4.78 is 11.6. The average Bonchev–Trinajstić information content (AvgIpc) is 2.16. The van der Waals surface area contributed by atoms with E-state index in [1.807, 2.05) is 13.8 Å². The monoisotopic (exact) mass is 245 g/mol. The lowest BCUT2D eigenvalue weighted by Crippen LogP contribution is -2.19. The van der Waals surface area contributed by atoms with E-state index in [9.17, 15) is 9.00 Å². The summed E-state index contributed by atoms with van der Waals surface area (Å²) in [5.41, 5.74) is -0.389. The first-order valence-electron chi connectivity index (χ1n) is 5.29. The second-order valence-corrected chi connectivity index (χ2v) is 6.57. The molecule has 0 aliphatic heterocycles. The Labute approximate surface area is 99.1 Å². The van der Waals surface area contributed by atoms with E-state index in [0.29, 0.717) is 18.6 Å². The van der Waals surface area contributed by atoms with Crippen LogP contribution in [0.2, 0.25) is 0 Å². The summed E-state index contributed by atoms with van der Waals surface area (Å²) in [6.07, 6.45) is 1.32. The SMILES string of the molecule is CC(CC(=O)O)S(=O)CCCC(C)(C)C#N. The molecule has 0 amide bonds. The van der Waals surface area contributed by atoms with Crippen molar-refractivity contribution >= 4 is 16.8 Å². The highest BCUT2D eigenvalue weighted by Crippen LogP contribution is 2.21. The van der Waals surface area contributed by atoms with Crippen molar-refractivity contribution in [1.29, 1.82) is 5.26 Å². The van der Waals surface area contributed by atoms with Crippen molar-refractivity contribution in [3.63, 3.8) is 0 Å². The summed E-state index contributed by atoms with van der Waals surface area (Å²) in [6, 6.07) is 2.18. The molecular weight excluding hydrogens is 226 g/mol. The number of nitriles is 1. The second-order valence-electron chi connectivity index (χ2n) is 4.59. The number of hydrogen-bond acceptors (Lipinski definition) is 3. The predicted octanol–water partition coefficient (Wildman–Crippen LogP) is 1.93. The van der Waals surface area contributed by atoms with Crippen LogP contribution in [-0.4, -0.2) is 26.3 Å². The van der Waals surface area contributed by atoms with Crippen molar-refractivity contribution < 1.29 is 14.1 Å². The largest absolute Gasteiger partial charge is 0.481 e. The molecule has 0 saturated heterocycles. The van der Waals surface area contributed by atoms with Crippen molar-refractivity contribution in [2.45, 2.75) is 45.3 Å². The minimum absolute atomic E-state index is 0.0613. The molecule has 0 aliphatic rings. The molecule has 0 fully saturated rings. The van der Waals surface area contributed by atoms with Gasteiger partial charge in [0.25, 0.3) is 0 Å². The molecule has 0 aliphatic carbocycles. The maximum atomic E-state index is 11.6. The number of carboxylic acids is 1. The summed E-state index contributed by atoms with van der Waals surface area (Å²) in [5.74, 6) is -0.447. The van der Waals surface area contributed by atoms with E-state index in [1.165, 1.54) is 0 Å². The van der Waals surface area contributed by atoms with Crippen LogP contribution in [0.1, 0.15) is 40.0 Å². The number of carboxylic acid groups (broad SMARTS) is 1. The third-order valence-electron chi connectivity index (χ3n) is 2.36. The van der Waals surface area contributed by atoms with Crippen molar-refractivity contribution in [3.8, 4) is 6.07 Å². The van der Waals surface area contributed by atoms with Crippen LogP contribution in [0.3, 0.4) is 0 Å². The molecule has 0 aromatic rings. The van der Waals surface area contributed by atoms with Gasteiger partial charge in [-0.05, 0) is 26.7 Å². The van der Waals surface area contributed by atoms with Crippen LogP contribution in [-0.2, 0) is 15.6 Å². The van der Waals surface area contributed by atoms with E-state index in [-0.39, 0.29) is 17.1 Å². The Balaban J connectivity index is 3.91. The molecule has 0 radical (unpaired) electrons. The van der Waals surface area contributed by atoms with Crippen LogP contribution in [0.5, 0.6) is 0 Å². The predicted molar refractivity (Wildman–Crippen MR) is 63.4 cm³/mol. The molecule has 2 unspecified atom stereocenters. The summed E-state index contributed by atoms with van der Waals surface area (Å²) in [5, 5.41) is 17.0. The Morgan fingerprint density at radius 2 is 2.12 bits per heavy atom. The highest BCUT2D eigenvalue weighted by molar-refractivity contribution is 7.85. The minimum Gasteiger partial charge on any atom is -0.481 e. The van der Waals surface area contributed by atoms with Gasteiger partial charge in [-0.3, -0.25) is 9.00 Å². The van der Waals surface area contributed by atoms with E-state index < -0.39 is 16.8 Å². The van der Waals surface area contributed by atoms with E-state index in [4.69, 9.17) is 10.4 Å². The zero-order chi connectivity index (χ0) is 12.8.